The Morgan fingerprint density at radius 1 is 1.17 bits per heavy atom. The molecular weight excluding hydrogens is 413 g/mol. The lowest BCUT2D eigenvalue weighted by molar-refractivity contribution is 0.237. The zero-order valence-corrected chi connectivity index (χ0v) is 16.5. The molecule has 0 bridgehead atoms. The minimum Gasteiger partial charge on any atom is -0.489 e. The van der Waals surface area contributed by atoms with E-state index in [2.05, 4.69) is 21.2 Å². The number of halogens is 3. The maximum Gasteiger partial charge on any atom is 0.124 e. The number of hydrogen-bond donors (Lipinski definition) is 2. The Morgan fingerprint density at radius 2 is 1.96 bits per heavy atom. The van der Waals surface area contributed by atoms with Crippen LogP contribution >= 0.6 is 39.1 Å². The van der Waals surface area contributed by atoms with Crippen molar-refractivity contribution in [2.75, 3.05) is 6.61 Å². The van der Waals surface area contributed by atoms with Crippen LogP contribution in [0.15, 0.2) is 40.9 Å². The number of aliphatic hydroxyl groups excluding tert-OH is 1. The maximum atomic E-state index is 9.30. The molecule has 0 aliphatic carbocycles. The summed E-state index contributed by atoms with van der Waals surface area (Å²) in [4.78, 5) is 0. The largest absolute Gasteiger partial charge is 0.489 e. The van der Waals surface area contributed by atoms with Gasteiger partial charge in [-0.05, 0) is 36.8 Å². The van der Waals surface area contributed by atoms with Gasteiger partial charge in [0.15, 0.2) is 0 Å². The molecule has 0 fully saturated rings. The molecule has 130 valence electrons. The van der Waals surface area contributed by atoms with Crippen molar-refractivity contribution in [2.24, 2.45) is 0 Å². The van der Waals surface area contributed by atoms with E-state index < -0.39 is 0 Å². The van der Waals surface area contributed by atoms with E-state index in [9.17, 15) is 5.11 Å². The van der Waals surface area contributed by atoms with Gasteiger partial charge in [-0.15, -0.1) is 0 Å². The molecule has 0 aliphatic heterocycles. The van der Waals surface area contributed by atoms with Gasteiger partial charge in [0.25, 0.3) is 0 Å². The third kappa shape index (κ3) is 5.64. The molecule has 6 heteroatoms. The average molecular weight is 433 g/mol. The van der Waals surface area contributed by atoms with E-state index in [1.54, 1.807) is 12.1 Å². The summed E-state index contributed by atoms with van der Waals surface area (Å²) < 4.78 is 6.93. The molecule has 0 spiro atoms. The summed E-state index contributed by atoms with van der Waals surface area (Å²) in [6.07, 6.45) is 0.862. The molecule has 0 unspecified atom stereocenters. The summed E-state index contributed by atoms with van der Waals surface area (Å²) in [5, 5.41) is 13.8. The van der Waals surface area contributed by atoms with E-state index >= 15 is 0 Å². The van der Waals surface area contributed by atoms with Crippen molar-refractivity contribution in [3.63, 3.8) is 0 Å². The van der Waals surface area contributed by atoms with Crippen LogP contribution < -0.4 is 10.1 Å². The fourth-order valence-corrected chi connectivity index (χ4v) is 3.09. The predicted molar refractivity (Wildman–Crippen MR) is 103 cm³/mol. The van der Waals surface area contributed by atoms with Gasteiger partial charge in [-0.3, -0.25) is 0 Å². The van der Waals surface area contributed by atoms with Crippen LogP contribution in [0, 0.1) is 0 Å². The van der Waals surface area contributed by atoms with Crippen molar-refractivity contribution in [2.45, 2.75) is 32.5 Å². The summed E-state index contributed by atoms with van der Waals surface area (Å²) in [7, 11) is 0. The second-order valence-electron chi connectivity index (χ2n) is 5.45. The van der Waals surface area contributed by atoms with Crippen LogP contribution in [0.4, 0.5) is 0 Å². The van der Waals surface area contributed by atoms with E-state index in [0.717, 1.165) is 27.8 Å². The highest BCUT2D eigenvalue weighted by atomic mass is 79.9. The summed E-state index contributed by atoms with van der Waals surface area (Å²) >= 11 is 15.6. The van der Waals surface area contributed by atoms with Crippen LogP contribution in [0.25, 0.3) is 0 Å². The first-order valence-corrected chi connectivity index (χ1v) is 9.27. The summed E-state index contributed by atoms with van der Waals surface area (Å²) in [5.74, 6) is 0.782. The number of nitrogens with one attached hydrogen (secondary N) is 1. The van der Waals surface area contributed by atoms with Crippen molar-refractivity contribution in [1.29, 1.82) is 0 Å². The lowest BCUT2D eigenvalue weighted by atomic mass is 10.1. The monoisotopic (exact) mass is 431 g/mol. The molecule has 0 aromatic heterocycles. The number of aliphatic hydroxyl groups is 1. The number of rotatable bonds is 8. The van der Waals surface area contributed by atoms with Gasteiger partial charge in [0.05, 0.1) is 6.61 Å². The Morgan fingerprint density at radius 3 is 2.62 bits per heavy atom. The van der Waals surface area contributed by atoms with Crippen LogP contribution in [0.2, 0.25) is 10.0 Å². The standard InChI is InChI=1S/C18H20BrCl2NO2/c1-2-16(10-23)22-9-13-7-14(19)4-6-18(13)24-11-12-3-5-15(20)8-17(12)21/h3-8,16,22-23H,2,9-11H2,1H3/t16-/m0/s1. The lowest BCUT2D eigenvalue weighted by Gasteiger charge is -2.17. The topological polar surface area (TPSA) is 41.5 Å². The fraction of sp³-hybridized carbons (Fsp3) is 0.333. The van der Waals surface area contributed by atoms with Gasteiger partial charge in [-0.2, -0.15) is 0 Å². The third-order valence-electron chi connectivity index (χ3n) is 3.72. The molecule has 0 heterocycles. The van der Waals surface area contributed by atoms with E-state index in [-0.39, 0.29) is 12.6 Å². The Bertz CT molecular complexity index is 678. The van der Waals surface area contributed by atoms with Crippen molar-refractivity contribution in [1.82, 2.24) is 5.32 Å². The smallest absolute Gasteiger partial charge is 0.124 e. The van der Waals surface area contributed by atoms with Crippen molar-refractivity contribution in [3.05, 3.63) is 62.0 Å². The maximum absolute atomic E-state index is 9.30. The van der Waals surface area contributed by atoms with E-state index in [1.165, 1.54) is 0 Å². The molecular formula is C18H20BrCl2NO2. The molecule has 0 saturated heterocycles. The van der Waals surface area contributed by atoms with Crippen molar-refractivity contribution >= 4 is 39.1 Å². The minimum atomic E-state index is 0.0718. The first-order valence-electron chi connectivity index (χ1n) is 7.72. The van der Waals surface area contributed by atoms with Crippen LogP contribution in [0.1, 0.15) is 24.5 Å². The SMILES string of the molecule is CC[C@@H](CO)NCc1cc(Br)ccc1OCc1ccc(Cl)cc1Cl. The number of ether oxygens (including phenoxy) is 1. The molecule has 0 radical (unpaired) electrons. The molecule has 3 nitrogen and oxygen atoms in total. The van der Waals surface area contributed by atoms with Crippen molar-refractivity contribution < 1.29 is 9.84 Å². The first kappa shape index (κ1) is 19.5. The van der Waals surface area contributed by atoms with Gasteiger partial charge < -0.3 is 15.2 Å². The summed E-state index contributed by atoms with van der Waals surface area (Å²) in [6.45, 7) is 3.12. The average Bonchev–Trinajstić information content (AvgIpc) is 2.56. The minimum absolute atomic E-state index is 0.0718. The quantitative estimate of drug-likeness (QED) is 0.602. The van der Waals surface area contributed by atoms with Gasteiger partial charge in [0.2, 0.25) is 0 Å². The number of hydrogen-bond acceptors (Lipinski definition) is 3. The second kappa shape index (κ2) is 9.64. The van der Waals surface area contributed by atoms with E-state index in [1.807, 2.05) is 31.2 Å². The second-order valence-corrected chi connectivity index (χ2v) is 7.20. The molecule has 2 rings (SSSR count). The van der Waals surface area contributed by atoms with E-state index in [0.29, 0.717) is 23.2 Å². The van der Waals surface area contributed by atoms with Gasteiger partial charge >= 0.3 is 0 Å². The first-order chi connectivity index (χ1) is 11.5. The molecule has 2 aromatic rings. The van der Waals surface area contributed by atoms with Crippen LogP contribution in [0.5, 0.6) is 5.75 Å². The Balaban J connectivity index is 2.08. The van der Waals surface area contributed by atoms with Gasteiger partial charge in [-0.1, -0.05) is 52.1 Å². The van der Waals surface area contributed by atoms with Crippen LogP contribution in [-0.2, 0) is 13.2 Å². The summed E-state index contributed by atoms with van der Waals surface area (Å²) in [6, 6.07) is 11.3. The zero-order chi connectivity index (χ0) is 17.5. The lowest BCUT2D eigenvalue weighted by Crippen LogP contribution is -2.31. The Hall–Kier alpha value is -0.780. The molecule has 2 N–H and O–H groups in total. The molecule has 2 aromatic carbocycles. The summed E-state index contributed by atoms with van der Waals surface area (Å²) in [5.41, 5.74) is 1.89. The van der Waals surface area contributed by atoms with Crippen LogP contribution in [-0.4, -0.2) is 17.8 Å². The molecule has 0 amide bonds. The fourth-order valence-electron chi connectivity index (χ4n) is 2.21. The highest BCUT2D eigenvalue weighted by Gasteiger charge is 2.10. The molecule has 1 atom stereocenters. The molecule has 0 aliphatic rings. The van der Waals surface area contributed by atoms with Crippen LogP contribution in [0.3, 0.4) is 0 Å². The Kier molecular flexibility index (Phi) is 7.85. The Labute approximate surface area is 161 Å². The van der Waals surface area contributed by atoms with Gasteiger partial charge in [0.1, 0.15) is 12.4 Å². The zero-order valence-electron chi connectivity index (χ0n) is 13.4. The normalized spacial score (nSPS) is 12.2. The van der Waals surface area contributed by atoms with Gasteiger partial charge in [-0.25, -0.2) is 0 Å². The van der Waals surface area contributed by atoms with Gasteiger partial charge in [0, 0.05) is 38.2 Å². The molecule has 0 saturated carbocycles. The third-order valence-corrected chi connectivity index (χ3v) is 4.80. The molecule has 24 heavy (non-hydrogen) atoms. The van der Waals surface area contributed by atoms with Crippen molar-refractivity contribution in [3.8, 4) is 5.75 Å². The highest BCUT2D eigenvalue weighted by Crippen LogP contribution is 2.26. The van der Waals surface area contributed by atoms with E-state index in [4.69, 9.17) is 27.9 Å². The highest BCUT2D eigenvalue weighted by molar-refractivity contribution is 9.10. The predicted octanol–water partition coefficient (Wildman–Crippen LogP) is 5.20. The number of benzene rings is 2.